The maximum atomic E-state index is 12.7. The lowest BCUT2D eigenvalue weighted by atomic mass is 10.1. The second-order valence-corrected chi connectivity index (χ2v) is 7.65. The number of nitrogens with zero attached hydrogens (tertiary/aromatic N) is 1. The van der Waals surface area contributed by atoms with Crippen molar-refractivity contribution in [2.75, 3.05) is 13.7 Å². The van der Waals surface area contributed by atoms with Crippen molar-refractivity contribution in [3.8, 4) is 11.5 Å². The molecule has 2 aromatic rings. The maximum Gasteiger partial charge on any atom is 0.306 e. The predicted molar refractivity (Wildman–Crippen MR) is 113 cm³/mol. The molecule has 8 heteroatoms. The van der Waals surface area contributed by atoms with E-state index >= 15 is 0 Å². The van der Waals surface area contributed by atoms with Crippen molar-refractivity contribution in [2.45, 2.75) is 19.9 Å². The highest BCUT2D eigenvalue weighted by Gasteiger charge is 2.35. The number of benzene rings is 2. The fraction of sp³-hybridized carbons (Fsp3) is 0.227. The molecule has 3 rings (SSSR count). The van der Waals surface area contributed by atoms with Gasteiger partial charge < -0.3 is 14.6 Å². The van der Waals surface area contributed by atoms with Crippen LogP contribution >= 0.6 is 11.8 Å². The SMILES string of the molecule is COc1cc(/C=C2/SC(=O)N(Cc3ccc(C)cc3)C2=O)ccc1OCCC(=O)O. The summed E-state index contributed by atoms with van der Waals surface area (Å²) in [6.07, 6.45) is 1.50. The van der Waals surface area contributed by atoms with E-state index in [9.17, 15) is 14.4 Å². The average Bonchev–Trinajstić information content (AvgIpc) is 2.97. The molecule has 1 aliphatic rings. The number of rotatable bonds is 8. The highest BCUT2D eigenvalue weighted by molar-refractivity contribution is 8.18. The number of hydrogen-bond donors (Lipinski definition) is 1. The summed E-state index contributed by atoms with van der Waals surface area (Å²) in [4.78, 5) is 37.2. The van der Waals surface area contributed by atoms with Crippen molar-refractivity contribution in [3.05, 3.63) is 64.1 Å². The van der Waals surface area contributed by atoms with Crippen LogP contribution in [0.3, 0.4) is 0 Å². The van der Waals surface area contributed by atoms with Crippen molar-refractivity contribution in [1.29, 1.82) is 0 Å². The molecule has 0 radical (unpaired) electrons. The molecule has 0 atom stereocenters. The quantitative estimate of drug-likeness (QED) is 0.634. The number of imide groups is 1. The molecule has 0 aliphatic carbocycles. The molecule has 0 saturated carbocycles. The molecule has 1 fully saturated rings. The van der Waals surface area contributed by atoms with Gasteiger partial charge in [-0.2, -0.15) is 0 Å². The standard InChI is InChI=1S/C22H21NO6S/c1-14-3-5-15(6-4-14)13-23-21(26)19(30-22(23)27)12-16-7-8-17(18(11-16)28-2)29-10-9-20(24)25/h3-8,11-12H,9-10,13H2,1-2H3,(H,24,25)/b19-12+. The van der Waals surface area contributed by atoms with E-state index in [2.05, 4.69) is 0 Å². The van der Waals surface area contributed by atoms with Crippen LogP contribution in [-0.2, 0) is 16.1 Å². The minimum Gasteiger partial charge on any atom is -0.493 e. The predicted octanol–water partition coefficient (Wildman–Crippen LogP) is 4.09. The second-order valence-electron chi connectivity index (χ2n) is 6.66. The number of methoxy groups -OCH3 is 1. The van der Waals surface area contributed by atoms with Crippen LogP contribution in [0, 0.1) is 6.92 Å². The van der Waals surface area contributed by atoms with E-state index < -0.39 is 5.97 Å². The zero-order chi connectivity index (χ0) is 21.7. The number of amides is 2. The Morgan fingerprint density at radius 1 is 1.13 bits per heavy atom. The highest BCUT2D eigenvalue weighted by Crippen LogP contribution is 2.35. The van der Waals surface area contributed by atoms with E-state index in [4.69, 9.17) is 14.6 Å². The van der Waals surface area contributed by atoms with Crippen LogP contribution in [0.5, 0.6) is 11.5 Å². The van der Waals surface area contributed by atoms with Crippen molar-refractivity contribution < 1.29 is 29.0 Å². The number of carbonyl (C=O) groups excluding carboxylic acids is 2. The third-order valence-electron chi connectivity index (χ3n) is 4.39. The molecule has 30 heavy (non-hydrogen) atoms. The largest absolute Gasteiger partial charge is 0.493 e. The van der Waals surface area contributed by atoms with E-state index in [1.54, 1.807) is 24.3 Å². The van der Waals surface area contributed by atoms with Gasteiger partial charge in [-0.15, -0.1) is 0 Å². The number of carbonyl (C=O) groups is 3. The molecule has 2 amide bonds. The summed E-state index contributed by atoms with van der Waals surface area (Å²) < 4.78 is 10.7. The zero-order valence-corrected chi connectivity index (χ0v) is 17.4. The Hall–Kier alpha value is -3.26. The molecule has 0 bridgehead atoms. The highest BCUT2D eigenvalue weighted by atomic mass is 32.2. The van der Waals surface area contributed by atoms with E-state index in [1.807, 2.05) is 31.2 Å². The summed E-state index contributed by atoms with van der Waals surface area (Å²) in [5, 5.41) is 8.40. The molecular formula is C22H21NO6S. The van der Waals surface area contributed by atoms with Gasteiger partial charge in [0, 0.05) is 0 Å². The first-order valence-corrected chi connectivity index (χ1v) is 10.0. The first kappa shape index (κ1) is 21.4. The number of carboxylic acid groups (broad SMARTS) is 1. The lowest BCUT2D eigenvalue weighted by Crippen LogP contribution is -2.27. The average molecular weight is 427 g/mol. The summed E-state index contributed by atoms with van der Waals surface area (Å²) in [7, 11) is 1.47. The van der Waals surface area contributed by atoms with E-state index in [0.717, 1.165) is 22.9 Å². The number of thioether (sulfide) groups is 1. The molecule has 156 valence electrons. The van der Waals surface area contributed by atoms with Crippen molar-refractivity contribution in [3.63, 3.8) is 0 Å². The molecule has 2 aromatic carbocycles. The number of aryl methyl sites for hydroxylation is 1. The van der Waals surface area contributed by atoms with E-state index in [0.29, 0.717) is 22.0 Å². The molecule has 0 spiro atoms. The summed E-state index contributed by atoms with van der Waals surface area (Å²) in [5.74, 6) is -0.477. The Morgan fingerprint density at radius 2 is 1.87 bits per heavy atom. The summed E-state index contributed by atoms with van der Waals surface area (Å²) >= 11 is 0.895. The Bertz CT molecular complexity index is 999. The van der Waals surface area contributed by atoms with Crippen LogP contribution in [0.15, 0.2) is 47.4 Å². The number of hydrogen-bond acceptors (Lipinski definition) is 6. The van der Waals surface area contributed by atoms with Crippen molar-refractivity contribution in [1.82, 2.24) is 4.90 Å². The van der Waals surface area contributed by atoms with Gasteiger partial charge in [-0.25, -0.2) is 0 Å². The van der Waals surface area contributed by atoms with Crippen LogP contribution in [-0.4, -0.2) is 40.8 Å². The maximum absolute atomic E-state index is 12.7. The van der Waals surface area contributed by atoms with Crippen LogP contribution < -0.4 is 9.47 Å². The monoisotopic (exact) mass is 427 g/mol. The van der Waals surface area contributed by atoms with Gasteiger partial charge in [0.1, 0.15) is 0 Å². The van der Waals surface area contributed by atoms with Crippen molar-refractivity contribution >= 4 is 35.0 Å². The summed E-state index contributed by atoms with van der Waals surface area (Å²) in [6.45, 7) is 2.22. The Balaban J connectivity index is 1.74. The van der Waals surface area contributed by atoms with E-state index in [-0.39, 0.29) is 30.7 Å². The second kappa shape index (κ2) is 9.49. The van der Waals surface area contributed by atoms with Crippen LogP contribution in [0.25, 0.3) is 6.08 Å². The summed E-state index contributed by atoms with van der Waals surface area (Å²) in [6, 6.07) is 12.7. The Kier molecular flexibility index (Phi) is 6.79. The first-order chi connectivity index (χ1) is 14.4. The van der Waals surface area contributed by atoms with Gasteiger partial charge in [-0.1, -0.05) is 35.9 Å². The zero-order valence-electron chi connectivity index (χ0n) is 16.6. The molecule has 0 aromatic heterocycles. The van der Waals surface area contributed by atoms with Gasteiger partial charge in [0.25, 0.3) is 11.1 Å². The topological polar surface area (TPSA) is 93.1 Å². The number of carboxylic acids is 1. The Morgan fingerprint density at radius 3 is 2.53 bits per heavy atom. The van der Waals surface area contributed by atoms with Gasteiger partial charge >= 0.3 is 5.97 Å². The smallest absolute Gasteiger partial charge is 0.306 e. The fourth-order valence-electron chi connectivity index (χ4n) is 2.81. The lowest BCUT2D eigenvalue weighted by Gasteiger charge is -2.12. The van der Waals surface area contributed by atoms with Crippen molar-refractivity contribution in [2.24, 2.45) is 0 Å². The first-order valence-electron chi connectivity index (χ1n) is 9.21. The third kappa shape index (κ3) is 5.21. The molecule has 7 nitrogen and oxygen atoms in total. The lowest BCUT2D eigenvalue weighted by molar-refractivity contribution is -0.137. The molecule has 1 N–H and O–H groups in total. The normalized spacial score (nSPS) is 15.0. The van der Waals surface area contributed by atoms with Crippen LogP contribution in [0.1, 0.15) is 23.1 Å². The van der Waals surface area contributed by atoms with Crippen LogP contribution in [0.4, 0.5) is 4.79 Å². The van der Waals surface area contributed by atoms with Gasteiger partial charge in [-0.3, -0.25) is 19.3 Å². The third-order valence-corrected chi connectivity index (χ3v) is 5.30. The Labute approximate surface area is 178 Å². The molecular weight excluding hydrogens is 406 g/mol. The van der Waals surface area contributed by atoms with Crippen LogP contribution in [0.2, 0.25) is 0 Å². The minimum absolute atomic E-state index is 0.0168. The fourth-order valence-corrected chi connectivity index (χ4v) is 3.64. The molecule has 1 saturated heterocycles. The van der Waals surface area contributed by atoms with Gasteiger partial charge in [0.2, 0.25) is 0 Å². The van der Waals surface area contributed by atoms with Gasteiger partial charge in [-0.05, 0) is 48.0 Å². The van der Waals surface area contributed by atoms with Gasteiger partial charge in [0.15, 0.2) is 11.5 Å². The van der Waals surface area contributed by atoms with Gasteiger partial charge in [0.05, 0.1) is 31.6 Å². The number of ether oxygens (including phenoxy) is 2. The molecule has 1 aliphatic heterocycles. The number of aliphatic carboxylic acids is 1. The van der Waals surface area contributed by atoms with E-state index in [1.165, 1.54) is 12.0 Å². The summed E-state index contributed by atoms with van der Waals surface area (Å²) in [5.41, 5.74) is 2.66. The molecule has 1 heterocycles. The minimum atomic E-state index is -0.952. The molecule has 0 unspecified atom stereocenters.